The van der Waals surface area contributed by atoms with Crippen molar-refractivity contribution in [3.63, 3.8) is 0 Å². The number of carbonyl (C=O) groups is 1. The third-order valence-corrected chi connectivity index (χ3v) is 3.56. The molecule has 0 atom stereocenters. The van der Waals surface area contributed by atoms with Crippen molar-refractivity contribution in [2.75, 3.05) is 0 Å². The quantitative estimate of drug-likeness (QED) is 0.846. The van der Waals surface area contributed by atoms with E-state index in [2.05, 4.69) is 0 Å². The molecular weight excluding hydrogens is 246 g/mol. The van der Waals surface area contributed by atoms with Crippen LogP contribution in [0.25, 0.3) is 10.1 Å². The number of fused-ring (bicyclic) bond motifs is 1. The number of thiophene rings is 1. The maximum Gasteiger partial charge on any atom is 0.339 e. The van der Waals surface area contributed by atoms with Crippen molar-refractivity contribution in [1.29, 1.82) is 0 Å². The summed E-state index contributed by atoms with van der Waals surface area (Å²) in [6.07, 6.45) is 0. The predicted molar refractivity (Wildman–Crippen MR) is 74.9 cm³/mol. The molecule has 0 radical (unpaired) electrons. The summed E-state index contributed by atoms with van der Waals surface area (Å²) < 4.78 is 6.48. The summed E-state index contributed by atoms with van der Waals surface area (Å²) in [6, 6.07) is 7.63. The molecule has 2 rings (SSSR count). The summed E-state index contributed by atoms with van der Waals surface area (Å²) in [4.78, 5) is 13.2. The molecule has 1 aromatic carbocycles. The van der Waals surface area contributed by atoms with Gasteiger partial charge in [0.25, 0.3) is 0 Å². The van der Waals surface area contributed by atoms with Gasteiger partial charge in [-0.3, -0.25) is 0 Å². The molecule has 1 heterocycles. The number of hydrogen-bond acceptors (Lipinski definition) is 4. The third-order valence-electron chi connectivity index (χ3n) is 2.43. The SMILES string of the molecule is CC(C)(C)OC(=O)c1cccc2sc(CN)cc12. The zero-order valence-electron chi connectivity index (χ0n) is 10.8. The van der Waals surface area contributed by atoms with Crippen LogP contribution in [0.4, 0.5) is 0 Å². The lowest BCUT2D eigenvalue weighted by Gasteiger charge is -2.19. The standard InChI is InChI=1S/C14H17NO2S/c1-14(2,3)17-13(16)10-5-4-6-12-11(10)7-9(8-15)18-12/h4-7H,8,15H2,1-3H3. The highest BCUT2D eigenvalue weighted by Crippen LogP contribution is 2.29. The van der Waals surface area contributed by atoms with Crippen molar-refractivity contribution in [3.05, 3.63) is 34.7 Å². The highest BCUT2D eigenvalue weighted by molar-refractivity contribution is 7.19. The lowest BCUT2D eigenvalue weighted by molar-refractivity contribution is 0.00719. The van der Waals surface area contributed by atoms with Gasteiger partial charge in [-0.1, -0.05) is 6.07 Å². The summed E-state index contributed by atoms with van der Waals surface area (Å²) in [6.45, 7) is 6.09. The minimum absolute atomic E-state index is 0.283. The lowest BCUT2D eigenvalue weighted by Crippen LogP contribution is -2.23. The molecule has 2 aromatic rings. The van der Waals surface area contributed by atoms with Gasteiger partial charge in [-0.05, 0) is 39.0 Å². The van der Waals surface area contributed by atoms with Crippen molar-refractivity contribution < 1.29 is 9.53 Å². The Kier molecular flexibility index (Phi) is 3.41. The number of hydrogen-bond donors (Lipinski definition) is 1. The molecule has 0 aliphatic rings. The Morgan fingerprint density at radius 1 is 1.39 bits per heavy atom. The Hall–Kier alpha value is -1.39. The van der Waals surface area contributed by atoms with Gasteiger partial charge in [-0.25, -0.2) is 4.79 Å². The molecule has 0 saturated carbocycles. The van der Waals surface area contributed by atoms with Crippen LogP contribution in [-0.2, 0) is 11.3 Å². The van der Waals surface area contributed by atoms with E-state index in [-0.39, 0.29) is 5.97 Å². The molecule has 0 spiro atoms. The Bertz CT molecular complexity index is 581. The summed E-state index contributed by atoms with van der Waals surface area (Å²) in [5.41, 5.74) is 5.77. The van der Waals surface area contributed by atoms with Crippen molar-refractivity contribution >= 4 is 27.4 Å². The van der Waals surface area contributed by atoms with E-state index in [1.807, 2.05) is 39.0 Å². The zero-order valence-corrected chi connectivity index (χ0v) is 11.6. The van der Waals surface area contributed by atoms with Crippen molar-refractivity contribution in [2.24, 2.45) is 5.73 Å². The second-order valence-electron chi connectivity index (χ2n) is 5.14. The second kappa shape index (κ2) is 4.71. The van der Waals surface area contributed by atoms with Crippen LogP contribution in [0.15, 0.2) is 24.3 Å². The van der Waals surface area contributed by atoms with E-state index < -0.39 is 5.60 Å². The fraction of sp³-hybridized carbons (Fsp3) is 0.357. The number of carbonyl (C=O) groups excluding carboxylic acids is 1. The van der Waals surface area contributed by atoms with Crippen LogP contribution in [0.5, 0.6) is 0 Å². The molecule has 96 valence electrons. The van der Waals surface area contributed by atoms with Gasteiger partial charge in [0.2, 0.25) is 0 Å². The van der Waals surface area contributed by atoms with Gasteiger partial charge < -0.3 is 10.5 Å². The maximum atomic E-state index is 12.1. The van der Waals surface area contributed by atoms with E-state index in [0.717, 1.165) is 15.0 Å². The molecule has 0 amide bonds. The van der Waals surface area contributed by atoms with E-state index in [1.165, 1.54) is 0 Å². The summed E-state index contributed by atoms with van der Waals surface area (Å²) in [5.74, 6) is -0.283. The van der Waals surface area contributed by atoms with E-state index >= 15 is 0 Å². The van der Waals surface area contributed by atoms with Crippen LogP contribution in [0.3, 0.4) is 0 Å². The molecule has 0 fully saturated rings. The van der Waals surface area contributed by atoms with Gasteiger partial charge in [0.15, 0.2) is 0 Å². The van der Waals surface area contributed by atoms with Crippen LogP contribution >= 0.6 is 11.3 Å². The number of esters is 1. The van der Waals surface area contributed by atoms with Gasteiger partial charge in [-0.2, -0.15) is 0 Å². The largest absolute Gasteiger partial charge is 0.456 e. The first-order valence-corrected chi connectivity index (χ1v) is 6.67. The number of rotatable bonds is 2. The van der Waals surface area contributed by atoms with Crippen LogP contribution < -0.4 is 5.73 Å². The fourth-order valence-corrected chi connectivity index (χ4v) is 2.69. The van der Waals surface area contributed by atoms with Crippen LogP contribution in [0.1, 0.15) is 36.0 Å². The molecule has 0 aliphatic carbocycles. The predicted octanol–water partition coefficient (Wildman–Crippen LogP) is 3.32. The van der Waals surface area contributed by atoms with E-state index in [9.17, 15) is 4.79 Å². The smallest absolute Gasteiger partial charge is 0.339 e. The van der Waals surface area contributed by atoms with Gasteiger partial charge >= 0.3 is 5.97 Å². The fourth-order valence-electron chi connectivity index (χ4n) is 1.73. The van der Waals surface area contributed by atoms with Gasteiger partial charge in [0.05, 0.1) is 5.56 Å². The number of nitrogens with two attached hydrogens (primary N) is 1. The van der Waals surface area contributed by atoms with Gasteiger partial charge in [-0.15, -0.1) is 11.3 Å². The van der Waals surface area contributed by atoms with Crippen molar-refractivity contribution in [1.82, 2.24) is 0 Å². The molecular formula is C14H17NO2S. The maximum absolute atomic E-state index is 12.1. The molecule has 2 N–H and O–H groups in total. The molecule has 0 bridgehead atoms. The van der Waals surface area contributed by atoms with Crippen molar-refractivity contribution in [3.8, 4) is 0 Å². The monoisotopic (exact) mass is 263 g/mol. The van der Waals surface area contributed by atoms with E-state index in [0.29, 0.717) is 12.1 Å². The first kappa shape index (κ1) is 13.1. The molecule has 0 unspecified atom stereocenters. The number of benzene rings is 1. The number of ether oxygens (including phenoxy) is 1. The van der Waals surface area contributed by atoms with Gasteiger partial charge in [0.1, 0.15) is 5.60 Å². The first-order valence-electron chi connectivity index (χ1n) is 5.85. The van der Waals surface area contributed by atoms with E-state index in [4.69, 9.17) is 10.5 Å². The third kappa shape index (κ3) is 2.71. The molecule has 0 saturated heterocycles. The first-order chi connectivity index (χ1) is 8.40. The molecule has 0 aliphatic heterocycles. The minimum atomic E-state index is -0.480. The second-order valence-corrected chi connectivity index (χ2v) is 6.30. The van der Waals surface area contributed by atoms with Crippen LogP contribution in [0.2, 0.25) is 0 Å². The minimum Gasteiger partial charge on any atom is -0.456 e. The van der Waals surface area contributed by atoms with E-state index in [1.54, 1.807) is 17.4 Å². The Balaban J connectivity index is 2.44. The highest BCUT2D eigenvalue weighted by atomic mass is 32.1. The Labute approximate surface area is 111 Å². The topological polar surface area (TPSA) is 52.3 Å². The molecule has 18 heavy (non-hydrogen) atoms. The molecule has 3 nitrogen and oxygen atoms in total. The zero-order chi connectivity index (χ0) is 13.3. The highest BCUT2D eigenvalue weighted by Gasteiger charge is 2.20. The molecule has 4 heteroatoms. The Morgan fingerprint density at radius 2 is 2.11 bits per heavy atom. The van der Waals surface area contributed by atoms with Crippen LogP contribution in [-0.4, -0.2) is 11.6 Å². The summed E-state index contributed by atoms with van der Waals surface area (Å²) in [5, 5.41) is 0.928. The average Bonchev–Trinajstić information content (AvgIpc) is 2.68. The lowest BCUT2D eigenvalue weighted by atomic mass is 10.1. The normalized spacial score (nSPS) is 11.8. The summed E-state index contributed by atoms with van der Waals surface area (Å²) in [7, 11) is 0. The van der Waals surface area contributed by atoms with Crippen molar-refractivity contribution in [2.45, 2.75) is 32.9 Å². The Morgan fingerprint density at radius 3 is 2.72 bits per heavy atom. The summed E-state index contributed by atoms with van der Waals surface area (Å²) >= 11 is 1.61. The van der Waals surface area contributed by atoms with Gasteiger partial charge in [0, 0.05) is 21.5 Å². The molecule has 1 aromatic heterocycles. The average molecular weight is 263 g/mol. The van der Waals surface area contributed by atoms with Crippen LogP contribution in [0, 0.1) is 0 Å².